The SMILES string of the molecule is C=CCn1c(=C(C#N)c2nnc3n2CCCCC3)sc(=Cc2ccc(OC)cc2)c1=O. The number of fused-ring (bicyclic) bond motifs is 1. The number of hydrogen-bond donors (Lipinski definition) is 0. The normalized spacial score (nSPS) is 15.0. The highest BCUT2D eigenvalue weighted by molar-refractivity contribution is 7.07. The van der Waals surface area contributed by atoms with Crippen molar-refractivity contribution in [2.45, 2.75) is 38.8 Å². The maximum absolute atomic E-state index is 13.1. The Morgan fingerprint density at radius 3 is 2.81 bits per heavy atom. The minimum atomic E-state index is -0.154. The first-order valence-corrected chi connectivity index (χ1v) is 11.0. The zero-order valence-electron chi connectivity index (χ0n) is 17.4. The summed E-state index contributed by atoms with van der Waals surface area (Å²) >= 11 is 1.29. The predicted octanol–water partition coefficient (Wildman–Crippen LogP) is 1.97. The van der Waals surface area contributed by atoms with E-state index in [1.54, 1.807) is 17.8 Å². The van der Waals surface area contributed by atoms with E-state index in [1.165, 1.54) is 11.3 Å². The van der Waals surface area contributed by atoms with E-state index in [0.717, 1.165) is 49.4 Å². The van der Waals surface area contributed by atoms with E-state index in [0.29, 0.717) is 27.1 Å². The van der Waals surface area contributed by atoms with Gasteiger partial charge in [0.05, 0.1) is 11.6 Å². The minimum Gasteiger partial charge on any atom is -0.497 e. The van der Waals surface area contributed by atoms with E-state index in [1.807, 2.05) is 34.9 Å². The van der Waals surface area contributed by atoms with Gasteiger partial charge in [-0.1, -0.05) is 24.6 Å². The van der Waals surface area contributed by atoms with Crippen LogP contribution in [-0.4, -0.2) is 26.4 Å². The largest absolute Gasteiger partial charge is 0.497 e. The fourth-order valence-electron chi connectivity index (χ4n) is 3.72. The Morgan fingerprint density at radius 2 is 2.10 bits per heavy atom. The molecule has 0 bridgehead atoms. The molecule has 0 fully saturated rings. The van der Waals surface area contributed by atoms with Crippen LogP contribution in [0.4, 0.5) is 0 Å². The van der Waals surface area contributed by atoms with Gasteiger partial charge in [0, 0.05) is 19.5 Å². The number of allylic oxidation sites excluding steroid dienone is 1. The number of thiazole rings is 1. The van der Waals surface area contributed by atoms with Crippen molar-refractivity contribution in [1.29, 1.82) is 5.26 Å². The summed E-state index contributed by atoms with van der Waals surface area (Å²) in [5.74, 6) is 2.19. The lowest BCUT2D eigenvalue weighted by Gasteiger charge is -2.06. The van der Waals surface area contributed by atoms with Crippen LogP contribution >= 0.6 is 11.3 Å². The second-order valence-electron chi connectivity index (χ2n) is 7.28. The van der Waals surface area contributed by atoms with Crippen molar-refractivity contribution < 1.29 is 4.74 Å². The molecule has 3 aromatic rings. The monoisotopic (exact) mass is 433 g/mol. The van der Waals surface area contributed by atoms with Crippen LogP contribution in [-0.2, 0) is 19.5 Å². The summed E-state index contributed by atoms with van der Waals surface area (Å²) in [6.45, 7) is 4.87. The van der Waals surface area contributed by atoms with Crippen molar-refractivity contribution in [3.05, 3.63) is 73.7 Å². The lowest BCUT2D eigenvalue weighted by Crippen LogP contribution is -2.32. The molecule has 1 aliphatic rings. The summed E-state index contributed by atoms with van der Waals surface area (Å²) in [5, 5.41) is 18.7. The summed E-state index contributed by atoms with van der Waals surface area (Å²) in [6, 6.07) is 9.77. The number of aryl methyl sites for hydroxylation is 1. The number of ether oxygens (including phenoxy) is 1. The molecular weight excluding hydrogens is 410 g/mol. The molecule has 31 heavy (non-hydrogen) atoms. The standard InChI is InChI=1S/C23H23N5O2S/c1-3-12-28-22(29)19(14-16-8-10-17(30-2)11-9-16)31-23(28)18(15-24)21-26-25-20-7-5-4-6-13-27(20)21/h3,8-11,14H,1,4-7,12-13H2,2H3. The number of methoxy groups -OCH3 is 1. The number of aromatic nitrogens is 4. The summed E-state index contributed by atoms with van der Waals surface area (Å²) in [6.07, 6.45) is 7.57. The maximum Gasteiger partial charge on any atom is 0.269 e. The number of hydrogen-bond acceptors (Lipinski definition) is 6. The van der Waals surface area contributed by atoms with Crippen LogP contribution in [0.2, 0.25) is 0 Å². The van der Waals surface area contributed by atoms with Gasteiger partial charge in [0.1, 0.15) is 27.9 Å². The highest BCUT2D eigenvalue weighted by Crippen LogP contribution is 2.18. The Morgan fingerprint density at radius 1 is 1.29 bits per heavy atom. The molecule has 158 valence electrons. The molecule has 0 amide bonds. The minimum absolute atomic E-state index is 0.154. The van der Waals surface area contributed by atoms with Gasteiger partial charge < -0.3 is 9.30 Å². The number of benzene rings is 1. The Kier molecular flexibility index (Phi) is 6.14. The third kappa shape index (κ3) is 4.09. The predicted molar refractivity (Wildman–Crippen MR) is 120 cm³/mol. The smallest absolute Gasteiger partial charge is 0.269 e. The first kappa shape index (κ1) is 20.8. The van der Waals surface area contributed by atoms with E-state index in [-0.39, 0.29) is 5.56 Å². The van der Waals surface area contributed by atoms with Crippen LogP contribution in [0.25, 0.3) is 11.6 Å². The zero-order chi connectivity index (χ0) is 21.8. The zero-order valence-corrected chi connectivity index (χ0v) is 18.2. The molecule has 0 aliphatic carbocycles. The highest BCUT2D eigenvalue weighted by atomic mass is 32.1. The molecule has 4 rings (SSSR count). The third-order valence-corrected chi connectivity index (χ3v) is 6.42. The number of nitriles is 1. The molecule has 0 saturated carbocycles. The molecule has 3 heterocycles. The van der Waals surface area contributed by atoms with Crippen molar-refractivity contribution >= 4 is 23.0 Å². The quantitative estimate of drug-likeness (QED) is 0.575. The molecule has 0 radical (unpaired) electrons. The summed E-state index contributed by atoms with van der Waals surface area (Å²) in [7, 11) is 1.61. The van der Waals surface area contributed by atoms with Crippen molar-refractivity contribution in [2.24, 2.45) is 0 Å². The van der Waals surface area contributed by atoms with E-state index in [2.05, 4.69) is 22.8 Å². The Labute approximate surface area is 183 Å². The molecule has 7 nitrogen and oxygen atoms in total. The topological polar surface area (TPSA) is 85.7 Å². The molecule has 1 aromatic carbocycles. The van der Waals surface area contributed by atoms with Crippen molar-refractivity contribution in [1.82, 2.24) is 19.3 Å². The highest BCUT2D eigenvalue weighted by Gasteiger charge is 2.20. The molecule has 0 atom stereocenters. The molecule has 0 saturated heterocycles. The fraction of sp³-hybridized carbons (Fsp3) is 0.304. The van der Waals surface area contributed by atoms with Crippen LogP contribution in [0.5, 0.6) is 5.75 Å². The number of nitrogens with zero attached hydrogens (tertiary/aromatic N) is 5. The molecule has 2 aromatic heterocycles. The van der Waals surface area contributed by atoms with E-state index in [9.17, 15) is 10.1 Å². The fourth-order valence-corrected chi connectivity index (χ4v) is 4.82. The van der Waals surface area contributed by atoms with Crippen LogP contribution in [0.15, 0.2) is 41.7 Å². The third-order valence-electron chi connectivity index (χ3n) is 5.29. The molecular formula is C23H23N5O2S. The van der Waals surface area contributed by atoms with Gasteiger partial charge in [0.25, 0.3) is 5.56 Å². The van der Waals surface area contributed by atoms with Gasteiger partial charge in [-0.2, -0.15) is 5.26 Å². The van der Waals surface area contributed by atoms with E-state index < -0.39 is 0 Å². The first-order chi connectivity index (χ1) is 15.2. The second-order valence-corrected chi connectivity index (χ2v) is 8.31. The van der Waals surface area contributed by atoms with Crippen molar-refractivity contribution in [3.8, 4) is 11.8 Å². The summed E-state index contributed by atoms with van der Waals surface area (Å²) < 4.78 is 9.94. The van der Waals surface area contributed by atoms with Gasteiger partial charge in [-0.15, -0.1) is 28.1 Å². The number of rotatable bonds is 5. The lowest BCUT2D eigenvalue weighted by molar-refractivity contribution is 0.415. The molecule has 8 heteroatoms. The Hall–Kier alpha value is -3.44. The van der Waals surface area contributed by atoms with Gasteiger partial charge in [-0.3, -0.25) is 9.36 Å². The van der Waals surface area contributed by atoms with Crippen molar-refractivity contribution in [2.75, 3.05) is 7.11 Å². The molecule has 0 unspecified atom stereocenters. The summed E-state index contributed by atoms with van der Waals surface area (Å²) in [4.78, 5) is 13.1. The second kappa shape index (κ2) is 9.14. The van der Waals surface area contributed by atoms with Gasteiger partial charge in [-0.25, -0.2) is 0 Å². The molecule has 0 spiro atoms. The van der Waals surface area contributed by atoms with Gasteiger partial charge in [-0.05, 0) is 36.6 Å². The maximum atomic E-state index is 13.1. The Bertz CT molecular complexity index is 1320. The first-order valence-electron chi connectivity index (χ1n) is 10.2. The Balaban J connectivity index is 1.94. The summed E-state index contributed by atoms with van der Waals surface area (Å²) in [5.41, 5.74) is 1.10. The van der Waals surface area contributed by atoms with Crippen LogP contribution in [0, 0.1) is 11.3 Å². The van der Waals surface area contributed by atoms with Crippen LogP contribution < -0.4 is 19.5 Å². The van der Waals surface area contributed by atoms with Gasteiger partial charge in [0.15, 0.2) is 5.82 Å². The lowest BCUT2D eigenvalue weighted by atomic mass is 10.2. The molecule has 0 N–H and O–H groups in total. The van der Waals surface area contributed by atoms with Crippen LogP contribution in [0.3, 0.4) is 0 Å². The van der Waals surface area contributed by atoms with Crippen LogP contribution in [0.1, 0.15) is 36.5 Å². The van der Waals surface area contributed by atoms with Crippen molar-refractivity contribution in [3.63, 3.8) is 0 Å². The average molecular weight is 434 g/mol. The van der Waals surface area contributed by atoms with Gasteiger partial charge in [0.2, 0.25) is 0 Å². The van der Waals surface area contributed by atoms with Gasteiger partial charge >= 0.3 is 0 Å². The average Bonchev–Trinajstić information content (AvgIpc) is 3.21. The molecule has 1 aliphatic heterocycles. The van der Waals surface area contributed by atoms with E-state index in [4.69, 9.17) is 4.74 Å². The van der Waals surface area contributed by atoms with E-state index >= 15 is 0 Å².